The second-order valence-corrected chi connectivity index (χ2v) is 8.56. The molecule has 0 heterocycles. The molecule has 4 fully saturated rings. The first-order valence-electron chi connectivity index (χ1n) is 9.18. The summed E-state index contributed by atoms with van der Waals surface area (Å²) in [5, 5.41) is 4.05. The number of hydrogen-bond donors (Lipinski definition) is 1. The lowest BCUT2D eigenvalue weighted by Gasteiger charge is -2.54. The highest BCUT2D eigenvalue weighted by atomic mass is 35.5. The highest BCUT2D eigenvalue weighted by Crippen LogP contribution is 2.53. The van der Waals surface area contributed by atoms with Crippen molar-refractivity contribution < 1.29 is 9.53 Å². The van der Waals surface area contributed by atoms with E-state index in [-0.39, 0.29) is 12.5 Å². The van der Waals surface area contributed by atoms with Gasteiger partial charge in [-0.15, -0.1) is 0 Å². The van der Waals surface area contributed by atoms with Crippen LogP contribution >= 0.6 is 11.6 Å². The normalized spacial score (nSPS) is 33.5. The SMILES string of the molecule is Cc1cc(OCC(=O)NC2C3CC4CC(C3)CC2C4)cc(C)c1Cl. The summed E-state index contributed by atoms with van der Waals surface area (Å²) in [7, 11) is 0. The molecule has 0 saturated heterocycles. The summed E-state index contributed by atoms with van der Waals surface area (Å²) in [5.74, 6) is 3.98. The summed E-state index contributed by atoms with van der Waals surface area (Å²) in [5.41, 5.74) is 1.96. The molecule has 1 amide bonds. The number of ether oxygens (including phenoxy) is 1. The maximum atomic E-state index is 12.4. The minimum Gasteiger partial charge on any atom is -0.484 e. The Morgan fingerprint density at radius 2 is 1.62 bits per heavy atom. The van der Waals surface area contributed by atoms with Gasteiger partial charge in [0.15, 0.2) is 6.61 Å². The molecule has 4 aliphatic carbocycles. The number of aryl methyl sites for hydroxylation is 2. The Bertz CT molecular complexity index is 606. The van der Waals surface area contributed by atoms with Gasteiger partial charge in [0, 0.05) is 11.1 Å². The lowest BCUT2D eigenvalue weighted by atomic mass is 9.54. The Morgan fingerprint density at radius 3 is 2.17 bits per heavy atom. The van der Waals surface area contributed by atoms with Crippen molar-refractivity contribution in [1.29, 1.82) is 0 Å². The van der Waals surface area contributed by atoms with Crippen LogP contribution in [0.15, 0.2) is 12.1 Å². The van der Waals surface area contributed by atoms with Gasteiger partial charge < -0.3 is 10.1 Å². The van der Waals surface area contributed by atoms with Crippen LogP contribution in [0.1, 0.15) is 43.2 Å². The van der Waals surface area contributed by atoms with Crippen molar-refractivity contribution in [2.24, 2.45) is 23.7 Å². The van der Waals surface area contributed by atoms with Gasteiger partial charge in [-0.2, -0.15) is 0 Å². The van der Waals surface area contributed by atoms with Gasteiger partial charge in [-0.25, -0.2) is 0 Å². The van der Waals surface area contributed by atoms with E-state index in [9.17, 15) is 4.79 Å². The van der Waals surface area contributed by atoms with Crippen molar-refractivity contribution >= 4 is 17.5 Å². The molecule has 1 aromatic carbocycles. The van der Waals surface area contributed by atoms with Crippen molar-refractivity contribution in [1.82, 2.24) is 5.32 Å². The fourth-order valence-corrected chi connectivity index (χ4v) is 5.64. The molecule has 0 atom stereocenters. The molecule has 0 radical (unpaired) electrons. The average molecular weight is 348 g/mol. The first-order chi connectivity index (χ1) is 11.5. The molecule has 5 rings (SSSR count). The minimum absolute atomic E-state index is 0.0118. The molecular weight excluding hydrogens is 322 g/mol. The van der Waals surface area contributed by atoms with E-state index in [0.717, 1.165) is 33.7 Å². The maximum absolute atomic E-state index is 12.4. The first-order valence-corrected chi connectivity index (χ1v) is 9.56. The van der Waals surface area contributed by atoms with Crippen LogP contribution < -0.4 is 10.1 Å². The van der Waals surface area contributed by atoms with E-state index in [1.54, 1.807) is 0 Å². The van der Waals surface area contributed by atoms with Crippen LogP contribution in [0.2, 0.25) is 5.02 Å². The summed E-state index contributed by atoms with van der Waals surface area (Å²) in [6, 6.07) is 4.17. The number of benzene rings is 1. The third kappa shape index (κ3) is 3.03. The lowest BCUT2D eigenvalue weighted by molar-refractivity contribution is -0.127. The van der Waals surface area contributed by atoms with Crippen LogP contribution in [0, 0.1) is 37.5 Å². The van der Waals surface area contributed by atoms with Gasteiger partial charge in [0.25, 0.3) is 5.91 Å². The summed E-state index contributed by atoms with van der Waals surface area (Å²) in [4.78, 5) is 12.4. The summed E-state index contributed by atoms with van der Waals surface area (Å²) in [6.45, 7) is 4.00. The quantitative estimate of drug-likeness (QED) is 0.883. The highest BCUT2D eigenvalue weighted by molar-refractivity contribution is 6.32. The Kier molecular flexibility index (Phi) is 4.24. The Labute approximate surface area is 149 Å². The molecule has 24 heavy (non-hydrogen) atoms. The zero-order chi connectivity index (χ0) is 16.8. The molecule has 130 valence electrons. The molecule has 4 saturated carbocycles. The second kappa shape index (κ2) is 6.25. The fraction of sp³-hybridized carbons (Fsp3) is 0.650. The van der Waals surface area contributed by atoms with Gasteiger partial charge in [-0.3, -0.25) is 4.79 Å². The predicted molar refractivity (Wildman–Crippen MR) is 95.4 cm³/mol. The topological polar surface area (TPSA) is 38.3 Å². The molecule has 4 aliphatic rings. The van der Waals surface area contributed by atoms with Crippen LogP contribution in [0.3, 0.4) is 0 Å². The molecule has 4 heteroatoms. The maximum Gasteiger partial charge on any atom is 0.258 e. The molecule has 0 aliphatic heterocycles. The van der Waals surface area contributed by atoms with E-state index in [0.29, 0.717) is 17.9 Å². The van der Waals surface area contributed by atoms with E-state index in [1.165, 1.54) is 32.1 Å². The number of carbonyl (C=O) groups excluding carboxylic acids is 1. The van der Waals surface area contributed by atoms with E-state index < -0.39 is 0 Å². The van der Waals surface area contributed by atoms with Crippen molar-refractivity contribution in [2.75, 3.05) is 6.61 Å². The van der Waals surface area contributed by atoms with Crippen molar-refractivity contribution in [3.8, 4) is 5.75 Å². The van der Waals surface area contributed by atoms with E-state index in [2.05, 4.69) is 5.32 Å². The third-order valence-electron chi connectivity index (χ3n) is 6.33. The van der Waals surface area contributed by atoms with Gasteiger partial charge in [-0.1, -0.05) is 11.6 Å². The number of carbonyl (C=O) groups is 1. The van der Waals surface area contributed by atoms with Crippen LogP contribution in [0.4, 0.5) is 0 Å². The second-order valence-electron chi connectivity index (χ2n) is 8.18. The minimum atomic E-state index is 0.0118. The van der Waals surface area contributed by atoms with E-state index in [1.807, 2.05) is 26.0 Å². The number of amides is 1. The monoisotopic (exact) mass is 347 g/mol. The average Bonchev–Trinajstić information content (AvgIpc) is 2.53. The Hall–Kier alpha value is -1.22. The molecular formula is C20H26ClNO2. The van der Waals surface area contributed by atoms with Crippen molar-refractivity contribution in [2.45, 2.75) is 52.0 Å². The Morgan fingerprint density at radius 1 is 1.08 bits per heavy atom. The van der Waals surface area contributed by atoms with Gasteiger partial charge in [0.05, 0.1) is 0 Å². The van der Waals surface area contributed by atoms with Gasteiger partial charge in [0.1, 0.15) is 5.75 Å². The first kappa shape index (κ1) is 16.3. The fourth-order valence-electron chi connectivity index (χ4n) is 5.53. The molecule has 0 aromatic heterocycles. The van der Waals surface area contributed by atoms with Crippen LogP contribution in [0.5, 0.6) is 5.75 Å². The van der Waals surface area contributed by atoms with Crippen molar-refractivity contribution in [3.05, 3.63) is 28.3 Å². The molecule has 0 spiro atoms. The van der Waals surface area contributed by atoms with E-state index >= 15 is 0 Å². The van der Waals surface area contributed by atoms with Gasteiger partial charge >= 0.3 is 0 Å². The molecule has 3 nitrogen and oxygen atoms in total. The number of rotatable bonds is 4. The molecule has 1 N–H and O–H groups in total. The zero-order valence-electron chi connectivity index (χ0n) is 14.5. The molecule has 1 aromatic rings. The highest BCUT2D eigenvalue weighted by Gasteiger charge is 2.48. The third-order valence-corrected chi connectivity index (χ3v) is 6.93. The lowest BCUT2D eigenvalue weighted by Crippen LogP contribution is -2.56. The predicted octanol–water partition coefficient (Wildman–Crippen LogP) is 4.28. The smallest absolute Gasteiger partial charge is 0.258 e. The molecule has 4 bridgehead atoms. The number of halogens is 1. The summed E-state index contributed by atoms with van der Waals surface area (Å²) < 4.78 is 5.71. The van der Waals surface area contributed by atoms with Crippen molar-refractivity contribution in [3.63, 3.8) is 0 Å². The zero-order valence-corrected chi connectivity index (χ0v) is 15.2. The van der Waals surface area contributed by atoms with E-state index in [4.69, 9.17) is 16.3 Å². The largest absolute Gasteiger partial charge is 0.484 e. The summed E-state index contributed by atoms with van der Waals surface area (Å²) >= 11 is 6.18. The van der Waals surface area contributed by atoms with Gasteiger partial charge in [0.2, 0.25) is 0 Å². The van der Waals surface area contributed by atoms with Crippen LogP contribution in [-0.2, 0) is 4.79 Å². The van der Waals surface area contributed by atoms with Crippen LogP contribution in [-0.4, -0.2) is 18.6 Å². The number of hydrogen-bond acceptors (Lipinski definition) is 2. The standard InChI is InChI=1S/C20H26ClNO2/c1-11-3-17(4-12(2)19(11)21)24-10-18(23)22-20-15-6-13-5-14(8-15)9-16(20)7-13/h3-4,13-16,20H,5-10H2,1-2H3,(H,22,23). The van der Waals surface area contributed by atoms with Gasteiger partial charge in [-0.05, 0) is 92.9 Å². The number of nitrogens with one attached hydrogen (secondary N) is 1. The molecule has 0 unspecified atom stereocenters. The Balaban J connectivity index is 1.34. The summed E-state index contributed by atoms with van der Waals surface area (Å²) in [6.07, 6.45) is 6.69. The van der Waals surface area contributed by atoms with Crippen LogP contribution in [0.25, 0.3) is 0 Å².